The van der Waals surface area contributed by atoms with Gasteiger partial charge in [-0.15, -0.1) is 0 Å². The van der Waals surface area contributed by atoms with E-state index in [1.807, 2.05) is 0 Å². The van der Waals surface area contributed by atoms with Gasteiger partial charge in [0.15, 0.2) is 5.69 Å². The number of halogens is 2. The Morgan fingerprint density at radius 1 is 1.26 bits per heavy atom. The van der Waals surface area contributed by atoms with Crippen molar-refractivity contribution in [1.82, 2.24) is 9.78 Å². The predicted octanol–water partition coefficient (Wildman–Crippen LogP) is 2.30. The van der Waals surface area contributed by atoms with Gasteiger partial charge in [-0.05, 0) is 23.8 Å². The average Bonchev–Trinajstić information content (AvgIpc) is 2.34. The maximum Gasteiger partial charge on any atom is 0.356 e. The summed E-state index contributed by atoms with van der Waals surface area (Å²) >= 11 is 11.8. The van der Waals surface area contributed by atoms with Gasteiger partial charge in [-0.2, -0.15) is 5.10 Å². The second-order valence-corrected chi connectivity index (χ2v) is 4.60. The number of benzene rings is 1. The zero-order valence-corrected chi connectivity index (χ0v) is 11.0. The fourth-order valence-corrected chi connectivity index (χ4v) is 1.96. The molecule has 0 unspecified atom stereocenters. The fraction of sp³-hybridized carbons (Fsp3) is 0.0833. The average molecular weight is 299 g/mol. The molecule has 98 valence electrons. The predicted molar refractivity (Wildman–Crippen MR) is 71.0 cm³/mol. The fourth-order valence-electron chi connectivity index (χ4n) is 1.49. The Kier molecular flexibility index (Phi) is 3.87. The van der Waals surface area contributed by atoms with Crippen LogP contribution >= 0.6 is 23.2 Å². The Labute approximate surface area is 118 Å². The third-order valence-electron chi connectivity index (χ3n) is 2.42. The minimum absolute atomic E-state index is 0.0793. The smallest absolute Gasteiger partial charge is 0.356 e. The van der Waals surface area contributed by atoms with Crippen LogP contribution in [0.4, 0.5) is 0 Å². The van der Waals surface area contributed by atoms with Crippen LogP contribution in [0.3, 0.4) is 0 Å². The van der Waals surface area contributed by atoms with Gasteiger partial charge in [-0.25, -0.2) is 9.48 Å². The highest BCUT2D eigenvalue weighted by molar-refractivity contribution is 6.35. The zero-order chi connectivity index (χ0) is 14.0. The van der Waals surface area contributed by atoms with Gasteiger partial charge in [0, 0.05) is 16.1 Å². The normalized spacial score (nSPS) is 10.4. The van der Waals surface area contributed by atoms with Crippen LogP contribution in [-0.4, -0.2) is 20.9 Å². The minimum atomic E-state index is -1.20. The van der Waals surface area contributed by atoms with Gasteiger partial charge >= 0.3 is 5.97 Å². The summed E-state index contributed by atoms with van der Waals surface area (Å²) in [6, 6.07) is 7.15. The Morgan fingerprint density at radius 3 is 2.63 bits per heavy atom. The van der Waals surface area contributed by atoms with Gasteiger partial charge in [0.05, 0.1) is 6.54 Å². The van der Waals surface area contributed by atoms with Crippen LogP contribution in [-0.2, 0) is 6.54 Å². The highest BCUT2D eigenvalue weighted by atomic mass is 35.5. The van der Waals surface area contributed by atoms with E-state index in [1.165, 1.54) is 0 Å². The molecule has 1 aromatic heterocycles. The molecule has 0 aliphatic carbocycles. The van der Waals surface area contributed by atoms with E-state index in [4.69, 9.17) is 28.3 Å². The van der Waals surface area contributed by atoms with E-state index in [0.29, 0.717) is 15.6 Å². The number of carboxylic acid groups (broad SMARTS) is 1. The van der Waals surface area contributed by atoms with Crippen molar-refractivity contribution in [2.45, 2.75) is 6.54 Å². The molecular formula is C12H8Cl2N2O3. The second-order valence-electron chi connectivity index (χ2n) is 3.76. The molecule has 0 amide bonds. The molecule has 19 heavy (non-hydrogen) atoms. The molecule has 1 aromatic carbocycles. The van der Waals surface area contributed by atoms with Gasteiger partial charge in [-0.3, -0.25) is 4.79 Å². The molecule has 0 aliphatic heterocycles. The van der Waals surface area contributed by atoms with Crippen molar-refractivity contribution < 1.29 is 9.90 Å². The maximum absolute atomic E-state index is 11.6. The van der Waals surface area contributed by atoms with Crippen LogP contribution in [0, 0.1) is 0 Å². The number of nitrogens with zero attached hydrogens (tertiary/aromatic N) is 2. The lowest BCUT2D eigenvalue weighted by atomic mass is 10.2. The van der Waals surface area contributed by atoms with Crippen LogP contribution < -0.4 is 5.56 Å². The Bertz CT molecular complexity index is 698. The first kappa shape index (κ1) is 13.6. The number of rotatable bonds is 3. The van der Waals surface area contributed by atoms with Crippen molar-refractivity contribution in [2.24, 2.45) is 0 Å². The van der Waals surface area contributed by atoms with E-state index in [-0.39, 0.29) is 12.2 Å². The van der Waals surface area contributed by atoms with Crippen LogP contribution in [0.1, 0.15) is 16.1 Å². The quantitative estimate of drug-likeness (QED) is 0.944. The molecule has 1 heterocycles. The van der Waals surface area contributed by atoms with E-state index < -0.39 is 11.5 Å². The van der Waals surface area contributed by atoms with Crippen molar-refractivity contribution >= 4 is 29.2 Å². The molecule has 0 saturated carbocycles. The third kappa shape index (κ3) is 3.13. The molecule has 0 atom stereocenters. The molecule has 2 aromatic rings. The summed E-state index contributed by atoms with van der Waals surface area (Å²) < 4.78 is 1.04. The highest BCUT2D eigenvalue weighted by Crippen LogP contribution is 2.21. The Hall–Kier alpha value is -1.85. The molecule has 0 spiro atoms. The molecule has 0 bridgehead atoms. The van der Waals surface area contributed by atoms with E-state index in [0.717, 1.165) is 16.8 Å². The van der Waals surface area contributed by atoms with Crippen molar-refractivity contribution in [2.75, 3.05) is 0 Å². The molecule has 0 fully saturated rings. The van der Waals surface area contributed by atoms with E-state index in [2.05, 4.69) is 5.10 Å². The summed E-state index contributed by atoms with van der Waals surface area (Å²) in [5.74, 6) is -1.20. The van der Waals surface area contributed by atoms with Gasteiger partial charge in [-0.1, -0.05) is 29.3 Å². The lowest BCUT2D eigenvalue weighted by Gasteiger charge is -2.07. The van der Waals surface area contributed by atoms with Crippen LogP contribution in [0.15, 0.2) is 35.1 Å². The number of carbonyl (C=O) groups is 1. The molecule has 0 saturated heterocycles. The molecule has 0 radical (unpaired) electrons. The summed E-state index contributed by atoms with van der Waals surface area (Å²) in [5, 5.41) is 13.5. The van der Waals surface area contributed by atoms with Crippen LogP contribution in [0.2, 0.25) is 10.0 Å². The standard InChI is InChI=1S/C12H8Cl2N2O3/c13-8-2-1-7(9(14)5-8)6-16-11(17)4-3-10(15-16)12(18)19/h1-5H,6H2,(H,18,19). The summed E-state index contributed by atoms with van der Waals surface area (Å²) in [7, 11) is 0. The lowest BCUT2D eigenvalue weighted by molar-refractivity contribution is 0.0687. The van der Waals surface area contributed by atoms with Crippen molar-refractivity contribution in [3.63, 3.8) is 0 Å². The first-order valence-corrected chi connectivity index (χ1v) is 5.98. The van der Waals surface area contributed by atoms with E-state index in [9.17, 15) is 9.59 Å². The van der Waals surface area contributed by atoms with Crippen molar-refractivity contribution in [1.29, 1.82) is 0 Å². The maximum atomic E-state index is 11.6. The molecule has 0 aliphatic rings. The lowest BCUT2D eigenvalue weighted by Crippen LogP contribution is -2.24. The van der Waals surface area contributed by atoms with Gasteiger partial charge in [0.2, 0.25) is 0 Å². The molecule has 7 heteroatoms. The van der Waals surface area contributed by atoms with E-state index in [1.54, 1.807) is 18.2 Å². The van der Waals surface area contributed by atoms with Gasteiger partial charge in [0.25, 0.3) is 5.56 Å². The largest absolute Gasteiger partial charge is 0.476 e. The third-order valence-corrected chi connectivity index (χ3v) is 3.01. The summed E-state index contributed by atoms with van der Waals surface area (Å²) in [6.07, 6.45) is 0. The zero-order valence-electron chi connectivity index (χ0n) is 9.51. The summed E-state index contributed by atoms with van der Waals surface area (Å²) in [4.78, 5) is 22.4. The highest BCUT2D eigenvalue weighted by Gasteiger charge is 2.09. The molecule has 2 rings (SSSR count). The molecule has 1 N–H and O–H groups in total. The second kappa shape index (κ2) is 5.42. The van der Waals surface area contributed by atoms with Gasteiger partial charge < -0.3 is 5.11 Å². The topological polar surface area (TPSA) is 72.2 Å². The number of aromatic nitrogens is 2. The SMILES string of the molecule is O=C(O)c1ccc(=O)n(Cc2ccc(Cl)cc2Cl)n1. The molecular weight excluding hydrogens is 291 g/mol. The van der Waals surface area contributed by atoms with Crippen molar-refractivity contribution in [3.8, 4) is 0 Å². The monoisotopic (exact) mass is 298 g/mol. The first-order chi connectivity index (χ1) is 8.97. The van der Waals surface area contributed by atoms with Crippen molar-refractivity contribution in [3.05, 3.63) is 62.0 Å². The first-order valence-electron chi connectivity index (χ1n) is 5.23. The van der Waals surface area contributed by atoms with Crippen LogP contribution in [0.25, 0.3) is 0 Å². The minimum Gasteiger partial charge on any atom is -0.476 e. The van der Waals surface area contributed by atoms with E-state index >= 15 is 0 Å². The van der Waals surface area contributed by atoms with Gasteiger partial charge in [0.1, 0.15) is 0 Å². The Balaban J connectivity index is 2.40. The summed E-state index contributed by atoms with van der Waals surface area (Å²) in [5.41, 5.74) is 0.0175. The number of aromatic carboxylic acids is 1. The Morgan fingerprint density at radius 2 is 2.00 bits per heavy atom. The summed E-state index contributed by atoms with van der Waals surface area (Å²) in [6.45, 7) is 0.0793. The number of carboxylic acids is 1. The molecule has 5 nitrogen and oxygen atoms in total. The number of hydrogen-bond donors (Lipinski definition) is 1. The number of hydrogen-bond acceptors (Lipinski definition) is 3. The van der Waals surface area contributed by atoms with Crippen LogP contribution in [0.5, 0.6) is 0 Å².